The summed E-state index contributed by atoms with van der Waals surface area (Å²) in [5.74, 6) is 1.26. The monoisotopic (exact) mass is 394 g/mol. The van der Waals surface area contributed by atoms with Gasteiger partial charge in [0.25, 0.3) is 5.91 Å². The summed E-state index contributed by atoms with van der Waals surface area (Å²) < 4.78 is 13.2. The van der Waals surface area contributed by atoms with Crippen molar-refractivity contribution in [1.82, 2.24) is 19.8 Å². The summed E-state index contributed by atoms with van der Waals surface area (Å²) in [5, 5.41) is 3.59. The third-order valence-corrected chi connectivity index (χ3v) is 5.16. The molecule has 1 saturated heterocycles. The fraction of sp³-hybridized carbons (Fsp3) is 0.364. The molecule has 1 atom stereocenters. The minimum atomic E-state index is -0.0373. The van der Waals surface area contributed by atoms with Crippen molar-refractivity contribution in [3.8, 4) is 5.75 Å². The van der Waals surface area contributed by atoms with E-state index in [1.54, 1.807) is 24.7 Å². The van der Waals surface area contributed by atoms with E-state index in [-0.39, 0.29) is 11.9 Å². The van der Waals surface area contributed by atoms with E-state index in [1.807, 2.05) is 33.9 Å². The molecule has 0 bridgehead atoms. The van der Waals surface area contributed by atoms with Crippen LogP contribution >= 0.6 is 0 Å². The van der Waals surface area contributed by atoms with Crippen molar-refractivity contribution in [2.24, 2.45) is 0 Å². The van der Waals surface area contributed by atoms with E-state index >= 15 is 0 Å². The molecule has 0 radical (unpaired) electrons. The third-order valence-electron chi connectivity index (χ3n) is 5.16. The maximum atomic E-state index is 12.5. The lowest BCUT2D eigenvalue weighted by atomic mass is 10.0. The average molecular weight is 394 g/mol. The summed E-state index contributed by atoms with van der Waals surface area (Å²) in [6, 6.07) is 11.8. The van der Waals surface area contributed by atoms with Crippen LogP contribution in [0.1, 0.15) is 29.0 Å². The molecular formula is C22H26N4O3. The minimum absolute atomic E-state index is 0.0373. The van der Waals surface area contributed by atoms with Gasteiger partial charge in [0.15, 0.2) is 5.76 Å². The number of hydrogen-bond acceptors (Lipinski definition) is 5. The van der Waals surface area contributed by atoms with Crippen LogP contribution in [0.25, 0.3) is 0 Å². The molecule has 1 aromatic carbocycles. The van der Waals surface area contributed by atoms with Crippen LogP contribution in [0, 0.1) is 0 Å². The first-order valence-corrected chi connectivity index (χ1v) is 10.0. The Labute approximate surface area is 170 Å². The van der Waals surface area contributed by atoms with Gasteiger partial charge < -0.3 is 23.9 Å². The lowest BCUT2D eigenvalue weighted by Gasteiger charge is -2.33. The predicted molar refractivity (Wildman–Crippen MR) is 109 cm³/mol. The second-order valence-corrected chi connectivity index (χ2v) is 7.21. The number of rotatable bonds is 8. The van der Waals surface area contributed by atoms with Crippen LogP contribution in [0.2, 0.25) is 0 Å². The third kappa shape index (κ3) is 5.06. The number of furan rings is 1. The van der Waals surface area contributed by atoms with Crippen LogP contribution in [0.5, 0.6) is 5.75 Å². The molecule has 4 rings (SSSR count). The molecular weight excluding hydrogens is 368 g/mol. The summed E-state index contributed by atoms with van der Waals surface area (Å²) in [4.78, 5) is 18.4. The number of carbonyl (C=O) groups is 1. The minimum Gasteiger partial charge on any atom is -0.491 e. The van der Waals surface area contributed by atoms with Crippen LogP contribution in [0.3, 0.4) is 0 Å². The van der Waals surface area contributed by atoms with E-state index < -0.39 is 0 Å². The fourth-order valence-corrected chi connectivity index (χ4v) is 3.61. The number of ether oxygens (including phenoxy) is 1. The summed E-state index contributed by atoms with van der Waals surface area (Å²) in [6.45, 7) is 3.50. The first-order valence-electron chi connectivity index (χ1n) is 10.0. The molecule has 29 heavy (non-hydrogen) atoms. The number of likely N-dealkylation sites (tertiary alicyclic amines) is 1. The smallest absolute Gasteiger partial charge is 0.289 e. The van der Waals surface area contributed by atoms with Gasteiger partial charge in [-0.3, -0.25) is 4.79 Å². The van der Waals surface area contributed by atoms with Gasteiger partial charge in [-0.25, -0.2) is 4.98 Å². The first kappa shape index (κ1) is 19.3. The lowest BCUT2D eigenvalue weighted by Crippen LogP contribution is -2.47. The Morgan fingerprint density at radius 2 is 2.21 bits per heavy atom. The summed E-state index contributed by atoms with van der Waals surface area (Å²) in [6.07, 6.45) is 9.04. The SMILES string of the molecule is O=C(c1ccco1)N1CCCC(NCc2ccccc2OCCn2ccnc2)C1. The second-order valence-electron chi connectivity index (χ2n) is 7.21. The van der Waals surface area contributed by atoms with Crippen molar-refractivity contribution < 1.29 is 13.9 Å². The van der Waals surface area contributed by atoms with Gasteiger partial charge in [-0.15, -0.1) is 0 Å². The zero-order valence-electron chi connectivity index (χ0n) is 16.4. The molecule has 0 aliphatic carbocycles. The number of imidazole rings is 1. The van der Waals surface area contributed by atoms with Gasteiger partial charge in [-0.2, -0.15) is 0 Å². The number of para-hydroxylation sites is 1. The fourth-order valence-electron chi connectivity index (χ4n) is 3.61. The van der Waals surface area contributed by atoms with Crippen molar-refractivity contribution >= 4 is 5.91 Å². The predicted octanol–water partition coefficient (Wildman–Crippen LogP) is 2.95. The lowest BCUT2D eigenvalue weighted by molar-refractivity contribution is 0.0662. The average Bonchev–Trinajstić information content (AvgIpc) is 3.47. The molecule has 1 aliphatic heterocycles. The molecule has 7 heteroatoms. The Balaban J connectivity index is 1.30. The van der Waals surface area contributed by atoms with Crippen molar-refractivity contribution in [3.05, 3.63) is 72.7 Å². The molecule has 1 unspecified atom stereocenters. The van der Waals surface area contributed by atoms with E-state index in [9.17, 15) is 4.79 Å². The first-order chi connectivity index (χ1) is 14.3. The van der Waals surface area contributed by atoms with Crippen molar-refractivity contribution in [1.29, 1.82) is 0 Å². The summed E-state index contributed by atoms with van der Waals surface area (Å²) in [7, 11) is 0. The zero-order chi connectivity index (χ0) is 19.9. The standard InChI is InChI=1S/C22H26N4O3/c27-22(21-8-4-13-28-21)26-10-3-6-19(16-26)24-15-18-5-1-2-7-20(18)29-14-12-25-11-9-23-17-25/h1-2,4-5,7-9,11,13,17,19,24H,3,6,10,12,14-16H2. The highest BCUT2D eigenvalue weighted by molar-refractivity contribution is 5.91. The molecule has 1 amide bonds. The Kier molecular flexibility index (Phi) is 6.26. The van der Waals surface area contributed by atoms with Crippen molar-refractivity contribution in [2.75, 3.05) is 19.7 Å². The summed E-state index contributed by atoms with van der Waals surface area (Å²) in [5.41, 5.74) is 1.12. The van der Waals surface area contributed by atoms with Crippen LogP contribution in [-0.4, -0.2) is 46.1 Å². The van der Waals surface area contributed by atoms with Gasteiger partial charge in [0.1, 0.15) is 12.4 Å². The summed E-state index contributed by atoms with van der Waals surface area (Å²) >= 11 is 0. The van der Waals surface area contributed by atoms with Crippen LogP contribution in [-0.2, 0) is 13.1 Å². The highest BCUT2D eigenvalue weighted by Gasteiger charge is 2.25. The molecule has 0 spiro atoms. The number of amides is 1. The van der Waals surface area contributed by atoms with E-state index in [0.717, 1.165) is 37.2 Å². The molecule has 1 fully saturated rings. The van der Waals surface area contributed by atoms with Crippen molar-refractivity contribution in [3.63, 3.8) is 0 Å². The van der Waals surface area contributed by atoms with Crippen LogP contribution < -0.4 is 10.1 Å². The highest BCUT2D eigenvalue weighted by atomic mass is 16.5. The van der Waals surface area contributed by atoms with E-state index in [2.05, 4.69) is 16.4 Å². The maximum absolute atomic E-state index is 12.5. The maximum Gasteiger partial charge on any atom is 0.289 e. The molecule has 2 aromatic heterocycles. The normalized spacial score (nSPS) is 16.7. The van der Waals surface area contributed by atoms with E-state index in [1.165, 1.54) is 6.26 Å². The second kappa shape index (κ2) is 9.43. The topological polar surface area (TPSA) is 72.5 Å². The Hall–Kier alpha value is -3.06. The number of hydrogen-bond donors (Lipinski definition) is 1. The van der Waals surface area contributed by atoms with E-state index in [0.29, 0.717) is 25.5 Å². The quantitative estimate of drug-likeness (QED) is 0.636. The van der Waals surface area contributed by atoms with E-state index in [4.69, 9.17) is 9.15 Å². The molecule has 7 nitrogen and oxygen atoms in total. The van der Waals surface area contributed by atoms with Gasteiger partial charge >= 0.3 is 0 Å². The van der Waals surface area contributed by atoms with Crippen LogP contribution in [0.15, 0.2) is 65.8 Å². The van der Waals surface area contributed by atoms with Gasteiger partial charge in [0.05, 0.1) is 19.1 Å². The molecule has 1 aliphatic rings. The number of aromatic nitrogens is 2. The molecule has 3 aromatic rings. The number of piperidine rings is 1. The Morgan fingerprint density at radius 3 is 3.03 bits per heavy atom. The van der Waals surface area contributed by atoms with Gasteiger partial charge in [-0.05, 0) is 31.0 Å². The molecule has 0 saturated carbocycles. The Morgan fingerprint density at radius 1 is 1.28 bits per heavy atom. The molecule has 3 heterocycles. The zero-order valence-corrected chi connectivity index (χ0v) is 16.4. The highest BCUT2D eigenvalue weighted by Crippen LogP contribution is 2.20. The van der Waals surface area contributed by atoms with Crippen molar-refractivity contribution in [2.45, 2.75) is 32.0 Å². The number of nitrogens with zero attached hydrogens (tertiary/aromatic N) is 3. The Bertz CT molecular complexity index is 893. The molecule has 1 N–H and O–H groups in total. The number of carbonyl (C=O) groups excluding carboxylic acids is 1. The van der Waals surface area contributed by atoms with Gasteiger partial charge in [-0.1, -0.05) is 18.2 Å². The number of benzene rings is 1. The van der Waals surface area contributed by atoms with Crippen LogP contribution in [0.4, 0.5) is 0 Å². The largest absolute Gasteiger partial charge is 0.491 e. The molecule has 152 valence electrons. The van der Waals surface area contributed by atoms with Gasteiger partial charge in [0, 0.05) is 43.6 Å². The van der Waals surface area contributed by atoms with Gasteiger partial charge in [0.2, 0.25) is 0 Å². The number of nitrogens with one attached hydrogen (secondary N) is 1.